The number of hydrogen-bond acceptors (Lipinski definition) is 3. The molecular weight excluding hydrogens is 198 g/mol. The highest BCUT2D eigenvalue weighted by atomic mass is 15.1. The van der Waals surface area contributed by atoms with Crippen LogP contribution in [0.1, 0.15) is 36.6 Å². The zero-order valence-electron chi connectivity index (χ0n) is 11.2. The minimum Gasteiger partial charge on any atom is -0.306 e. The summed E-state index contributed by atoms with van der Waals surface area (Å²) in [6, 6.07) is 0. The molecule has 2 heterocycles. The molecule has 1 aromatic rings. The molecule has 0 aliphatic carbocycles. The Bertz CT molecular complexity index is 347. The number of fused-ring (bicyclic) bond motifs is 1. The fourth-order valence-electron chi connectivity index (χ4n) is 2.05. The molecule has 0 aromatic carbocycles. The summed E-state index contributed by atoms with van der Waals surface area (Å²) in [4.78, 5) is 11.3. The average Bonchev–Trinajstić information content (AvgIpc) is 2.44. The second kappa shape index (κ2) is 5.94. The van der Waals surface area contributed by atoms with Gasteiger partial charge in [0.1, 0.15) is 5.82 Å². The van der Waals surface area contributed by atoms with Gasteiger partial charge in [0.2, 0.25) is 0 Å². The number of nitrogens with zero attached hydrogens (tertiary/aromatic N) is 3. The van der Waals surface area contributed by atoms with E-state index in [4.69, 9.17) is 0 Å². The number of aryl methyl sites for hydroxylation is 2. The Balaban J connectivity index is 0.000000606. The quantitative estimate of drug-likeness (QED) is 0.672. The van der Waals surface area contributed by atoms with E-state index in [1.165, 1.54) is 17.0 Å². The zero-order valence-corrected chi connectivity index (χ0v) is 11.2. The fraction of sp³-hybridized carbons (Fsp3) is 0.692. The Morgan fingerprint density at radius 1 is 1.00 bits per heavy atom. The molecule has 0 atom stereocenters. The Morgan fingerprint density at radius 3 is 2.31 bits per heavy atom. The van der Waals surface area contributed by atoms with E-state index in [-0.39, 0.29) is 0 Å². The third-order valence-corrected chi connectivity index (χ3v) is 2.89. The van der Waals surface area contributed by atoms with E-state index in [0.717, 1.165) is 31.8 Å². The van der Waals surface area contributed by atoms with Gasteiger partial charge in [-0.2, -0.15) is 0 Å². The molecule has 0 amide bonds. The van der Waals surface area contributed by atoms with Crippen molar-refractivity contribution in [1.29, 1.82) is 0 Å². The summed E-state index contributed by atoms with van der Waals surface area (Å²) in [5.41, 5.74) is 3.81. The molecule has 16 heavy (non-hydrogen) atoms. The molecule has 1 aliphatic heterocycles. The summed E-state index contributed by atoms with van der Waals surface area (Å²) in [7, 11) is 2.17. The first kappa shape index (κ1) is 13.1. The molecular formula is C13H23N3. The van der Waals surface area contributed by atoms with E-state index in [0.29, 0.717) is 0 Å². The van der Waals surface area contributed by atoms with Crippen LogP contribution < -0.4 is 0 Å². The average molecular weight is 221 g/mol. The Hall–Kier alpha value is -0.960. The van der Waals surface area contributed by atoms with Crippen molar-refractivity contribution in [3.8, 4) is 0 Å². The summed E-state index contributed by atoms with van der Waals surface area (Å²) >= 11 is 0. The number of rotatable bonds is 0. The lowest BCUT2D eigenvalue weighted by Crippen LogP contribution is -2.20. The predicted molar refractivity (Wildman–Crippen MR) is 67.8 cm³/mol. The first-order valence-electron chi connectivity index (χ1n) is 6.18. The van der Waals surface area contributed by atoms with Gasteiger partial charge in [-0.05, 0) is 32.9 Å². The van der Waals surface area contributed by atoms with E-state index < -0.39 is 0 Å². The van der Waals surface area contributed by atoms with Gasteiger partial charge in [-0.25, -0.2) is 9.97 Å². The van der Waals surface area contributed by atoms with Gasteiger partial charge >= 0.3 is 0 Å². The monoisotopic (exact) mass is 221 g/mol. The van der Waals surface area contributed by atoms with Crippen LogP contribution in [0, 0.1) is 13.8 Å². The molecule has 3 nitrogen and oxygen atoms in total. The number of likely N-dealkylation sites (N-methyl/N-ethyl adjacent to an activating group) is 1. The SMILES string of the molecule is CC.Cc1nc(C)c2c(n1)CCN(C)CC2. The summed E-state index contributed by atoms with van der Waals surface area (Å²) in [5, 5.41) is 0. The molecule has 0 N–H and O–H groups in total. The number of hydrogen-bond donors (Lipinski definition) is 0. The van der Waals surface area contributed by atoms with Crippen LogP contribution in [0.3, 0.4) is 0 Å². The molecule has 90 valence electrons. The van der Waals surface area contributed by atoms with Crippen molar-refractivity contribution in [1.82, 2.24) is 14.9 Å². The molecule has 1 aromatic heterocycles. The van der Waals surface area contributed by atoms with Crippen molar-refractivity contribution >= 4 is 0 Å². The minimum atomic E-state index is 0.908. The van der Waals surface area contributed by atoms with Crippen LogP contribution in [0.4, 0.5) is 0 Å². The number of aromatic nitrogens is 2. The Labute approximate surface area is 98.9 Å². The maximum absolute atomic E-state index is 4.53. The lowest BCUT2D eigenvalue weighted by Gasteiger charge is -2.10. The van der Waals surface area contributed by atoms with Crippen molar-refractivity contribution in [2.45, 2.75) is 40.5 Å². The lowest BCUT2D eigenvalue weighted by molar-refractivity contribution is 0.352. The smallest absolute Gasteiger partial charge is 0.125 e. The Morgan fingerprint density at radius 2 is 1.62 bits per heavy atom. The molecule has 0 spiro atoms. The normalized spacial score (nSPS) is 15.8. The van der Waals surface area contributed by atoms with Crippen LogP contribution in [-0.2, 0) is 12.8 Å². The molecule has 3 heteroatoms. The van der Waals surface area contributed by atoms with E-state index in [2.05, 4.69) is 28.8 Å². The highest BCUT2D eigenvalue weighted by molar-refractivity contribution is 5.26. The highest BCUT2D eigenvalue weighted by Gasteiger charge is 2.15. The van der Waals surface area contributed by atoms with E-state index in [1.54, 1.807) is 0 Å². The standard InChI is InChI=1S/C11H17N3.C2H6/c1-8-10-4-6-14(3)7-5-11(10)13-9(2)12-8;1-2/h4-7H2,1-3H3;1-2H3. The van der Waals surface area contributed by atoms with Gasteiger partial charge < -0.3 is 4.90 Å². The van der Waals surface area contributed by atoms with Gasteiger partial charge in [0.25, 0.3) is 0 Å². The fourth-order valence-corrected chi connectivity index (χ4v) is 2.05. The molecule has 0 radical (unpaired) electrons. The van der Waals surface area contributed by atoms with Crippen LogP contribution >= 0.6 is 0 Å². The van der Waals surface area contributed by atoms with Crippen molar-refractivity contribution < 1.29 is 0 Å². The molecule has 0 fully saturated rings. The van der Waals surface area contributed by atoms with Gasteiger partial charge in [0.05, 0.1) is 0 Å². The molecule has 1 aliphatic rings. The summed E-state index contributed by atoms with van der Waals surface area (Å²) < 4.78 is 0. The van der Waals surface area contributed by atoms with Gasteiger partial charge in [-0.3, -0.25) is 0 Å². The molecule has 2 rings (SSSR count). The minimum absolute atomic E-state index is 0.908. The van der Waals surface area contributed by atoms with Crippen molar-refractivity contribution in [2.75, 3.05) is 20.1 Å². The topological polar surface area (TPSA) is 29.0 Å². The summed E-state index contributed by atoms with van der Waals surface area (Å²) in [6.45, 7) is 10.3. The molecule has 0 unspecified atom stereocenters. The van der Waals surface area contributed by atoms with Gasteiger partial charge in [0.15, 0.2) is 0 Å². The maximum Gasteiger partial charge on any atom is 0.125 e. The Kier molecular flexibility index (Phi) is 4.87. The van der Waals surface area contributed by atoms with Gasteiger partial charge in [0, 0.05) is 30.9 Å². The van der Waals surface area contributed by atoms with Crippen molar-refractivity contribution in [2.24, 2.45) is 0 Å². The first-order chi connectivity index (χ1) is 7.66. The maximum atomic E-state index is 4.53. The van der Waals surface area contributed by atoms with Crippen LogP contribution in [-0.4, -0.2) is 35.0 Å². The summed E-state index contributed by atoms with van der Waals surface area (Å²) in [5.74, 6) is 0.908. The summed E-state index contributed by atoms with van der Waals surface area (Å²) in [6.07, 6.45) is 2.16. The van der Waals surface area contributed by atoms with E-state index >= 15 is 0 Å². The third kappa shape index (κ3) is 3.01. The molecule has 0 saturated heterocycles. The largest absolute Gasteiger partial charge is 0.306 e. The third-order valence-electron chi connectivity index (χ3n) is 2.89. The highest BCUT2D eigenvalue weighted by Crippen LogP contribution is 2.16. The van der Waals surface area contributed by atoms with Gasteiger partial charge in [-0.1, -0.05) is 13.8 Å². The predicted octanol–water partition coefficient (Wildman–Crippen LogP) is 2.15. The zero-order chi connectivity index (χ0) is 12.1. The van der Waals surface area contributed by atoms with Gasteiger partial charge in [-0.15, -0.1) is 0 Å². The lowest BCUT2D eigenvalue weighted by atomic mass is 10.1. The molecule has 0 saturated carbocycles. The van der Waals surface area contributed by atoms with Crippen LogP contribution in [0.25, 0.3) is 0 Å². The van der Waals surface area contributed by atoms with Crippen molar-refractivity contribution in [3.05, 3.63) is 22.8 Å². The molecule has 0 bridgehead atoms. The van der Waals surface area contributed by atoms with E-state index in [1.807, 2.05) is 20.8 Å². The van der Waals surface area contributed by atoms with Crippen LogP contribution in [0.15, 0.2) is 0 Å². The van der Waals surface area contributed by atoms with E-state index in [9.17, 15) is 0 Å². The second-order valence-electron chi connectivity index (χ2n) is 4.08. The first-order valence-corrected chi connectivity index (χ1v) is 6.18. The van der Waals surface area contributed by atoms with Crippen LogP contribution in [0.5, 0.6) is 0 Å². The van der Waals surface area contributed by atoms with Crippen LogP contribution in [0.2, 0.25) is 0 Å². The van der Waals surface area contributed by atoms with Crippen molar-refractivity contribution in [3.63, 3.8) is 0 Å². The second-order valence-corrected chi connectivity index (χ2v) is 4.08.